The van der Waals surface area contributed by atoms with Crippen molar-refractivity contribution >= 4 is 18.0 Å². The van der Waals surface area contributed by atoms with E-state index in [1.807, 2.05) is 18.2 Å². The number of nitrogens with one attached hydrogen (secondary N) is 2. The third kappa shape index (κ3) is 5.28. The predicted molar refractivity (Wildman–Crippen MR) is 81.5 cm³/mol. The van der Waals surface area contributed by atoms with Crippen molar-refractivity contribution in [3.05, 3.63) is 35.9 Å². The van der Waals surface area contributed by atoms with Crippen LogP contribution < -0.4 is 10.6 Å². The molecule has 0 radical (unpaired) electrons. The summed E-state index contributed by atoms with van der Waals surface area (Å²) in [5.41, 5.74) is 0.807. The van der Waals surface area contributed by atoms with Gasteiger partial charge in [0.1, 0.15) is 12.6 Å². The number of benzene rings is 1. The van der Waals surface area contributed by atoms with E-state index >= 15 is 0 Å². The molecule has 2 rings (SSSR count). The number of aliphatic carboxylic acids is 1. The first-order valence-electron chi connectivity index (χ1n) is 7.54. The molecule has 3 N–H and O–H groups in total. The van der Waals surface area contributed by atoms with Crippen LogP contribution in [-0.4, -0.2) is 35.7 Å². The zero-order valence-electron chi connectivity index (χ0n) is 12.7. The Labute approximate surface area is 134 Å². The molecule has 2 unspecified atom stereocenters. The van der Waals surface area contributed by atoms with Crippen LogP contribution in [0.3, 0.4) is 0 Å². The first-order valence-corrected chi connectivity index (χ1v) is 7.54. The standard InChI is InChI=1S/C16H20N2O5/c19-14-12(7-4-8-17-14)9-13(15(20)21)18-16(22)23-10-11-5-2-1-3-6-11/h1-3,5-6,12-13H,4,7-10H2,(H,17,19)(H,18,22)(H,20,21). The highest BCUT2D eigenvalue weighted by atomic mass is 16.5. The van der Waals surface area contributed by atoms with Gasteiger partial charge in [-0.15, -0.1) is 0 Å². The highest BCUT2D eigenvalue weighted by molar-refractivity contribution is 5.83. The number of carboxylic acids is 1. The number of piperidine rings is 1. The van der Waals surface area contributed by atoms with E-state index in [4.69, 9.17) is 4.74 Å². The lowest BCUT2D eigenvalue weighted by atomic mass is 9.91. The summed E-state index contributed by atoms with van der Waals surface area (Å²) in [5.74, 6) is -1.75. The fourth-order valence-corrected chi connectivity index (χ4v) is 2.47. The van der Waals surface area contributed by atoms with Gasteiger partial charge in [0.15, 0.2) is 0 Å². The third-order valence-corrected chi connectivity index (χ3v) is 3.72. The maximum atomic E-state index is 11.8. The van der Waals surface area contributed by atoms with Crippen molar-refractivity contribution in [1.29, 1.82) is 0 Å². The first kappa shape index (κ1) is 16.8. The van der Waals surface area contributed by atoms with Gasteiger partial charge in [-0.3, -0.25) is 4.79 Å². The summed E-state index contributed by atoms with van der Waals surface area (Å²) >= 11 is 0. The van der Waals surface area contributed by atoms with Crippen LogP contribution >= 0.6 is 0 Å². The summed E-state index contributed by atoms with van der Waals surface area (Å²) in [5, 5.41) is 14.2. The van der Waals surface area contributed by atoms with Gasteiger partial charge >= 0.3 is 12.1 Å². The average Bonchev–Trinajstić information content (AvgIpc) is 2.55. The Hall–Kier alpha value is -2.57. The monoisotopic (exact) mass is 320 g/mol. The van der Waals surface area contributed by atoms with Gasteiger partial charge in [-0.1, -0.05) is 30.3 Å². The van der Waals surface area contributed by atoms with Crippen molar-refractivity contribution in [2.75, 3.05) is 6.54 Å². The second-order valence-electron chi connectivity index (χ2n) is 5.46. The van der Waals surface area contributed by atoms with Crippen molar-refractivity contribution in [1.82, 2.24) is 10.6 Å². The second kappa shape index (κ2) is 8.17. The number of hydrogen-bond acceptors (Lipinski definition) is 4. The molecule has 1 aromatic rings. The number of alkyl carbamates (subject to hydrolysis) is 1. The molecule has 2 atom stereocenters. The summed E-state index contributed by atoms with van der Waals surface area (Å²) < 4.78 is 5.01. The highest BCUT2D eigenvalue weighted by Crippen LogP contribution is 2.17. The molecule has 7 heteroatoms. The third-order valence-electron chi connectivity index (χ3n) is 3.72. The topological polar surface area (TPSA) is 105 Å². The minimum absolute atomic E-state index is 0.0571. The van der Waals surface area contributed by atoms with E-state index in [0.29, 0.717) is 13.0 Å². The number of hydrogen-bond donors (Lipinski definition) is 3. The maximum Gasteiger partial charge on any atom is 0.408 e. The van der Waals surface area contributed by atoms with Crippen LogP contribution in [0, 0.1) is 5.92 Å². The minimum atomic E-state index is -1.18. The van der Waals surface area contributed by atoms with E-state index in [-0.39, 0.29) is 18.9 Å². The van der Waals surface area contributed by atoms with Gasteiger partial charge in [0, 0.05) is 12.5 Å². The molecular formula is C16H20N2O5. The molecule has 124 valence electrons. The van der Waals surface area contributed by atoms with Crippen molar-refractivity contribution in [2.24, 2.45) is 5.92 Å². The maximum absolute atomic E-state index is 11.8. The van der Waals surface area contributed by atoms with E-state index in [2.05, 4.69) is 10.6 Å². The number of rotatable bonds is 6. The molecule has 0 saturated carbocycles. The first-order chi connectivity index (χ1) is 11.1. The smallest absolute Gasteiger partial charge is 0.408 e. The largest absolute Gasteiger partial charge is 0.480 e. The molecule has 1 saturated heterocycles. The van der Waals surface area contributed by atoms with Crippen LogP contribution in [0.15, 0.2) is 30.3 Å². The second-order valence-corrected chi connectivity index (χ2v) is 5.46. The van der Waals surface area contributed by atoms with Gasteiger partial charge in [-0.05, 0) is 24.8 Å². The number of ether oxygens (including phenoxy) is 1. The lowest BCUT2D eigenvalue weighted by molar-refractivity contribution is -0.140. The molecule has 23 heavy (non-hydrogen) atoms. The number of amides is 2. The molecule has 2 amide bonds. The molecule has 1 aliphatic heterocycles. The van der Waals surface area contributed by atoms with E-state index in [9.17, 15) is 19.5 Å². The Morgan fingerprint density at radius 2 is 2.09 bits per heavy atom. The summed E-state index contributed by atoms with van der Waals surface area (Å²) in [6.07, 6.45) is 0.677. The van der Waals surface area contributed by atoms with Gasteiger partial charge < -0.3 is 20.5 Å². The van der Waals surface area contributed by atoms with Gasteiger partial charge in [-0.2, -0.15) is 0 Å². The Kier molecular flexibility index (Phi) is 5.96. The lowest BCUT2D eigenvalue weighted by Gasteiger charge is -2.24. The van der Waals surface area contributed by atoms with Gasteiger partial charge in [-0.25, -0.2) is 9.59 Å². The molecule has 0 bridgehead atoms. The summed E-state index contributed by atoms with van der Waals surface area (Å²) in [7, 11) is 0. The average molecular weight is 320 g/mol. The Balaban J connectivity index is 1.84. The van der Waals surface area contributed by atoms with Crippen molar-refractivity contribution in [3.8, 4) is 0 Å². The Bertz CT molecular complexity index is 561. The molecule has 7 nitrogen and oxygen atoms in total. The van der Waals surface area contributed by atoms with Crippen LogP contribution in [0.2, 0.25) is 0 Å². The van der Waals surface area contributed by atoms with E-state index < -0.39 is 24.0 Å². The molecule has 0 spiro atoms. The summed E-state index contributed by atoms with van der Waals surface area (Å²) in [4.78, 5) is 34.7. The fourth-order valence-electron chi connectivity index (χ4n) is 2.47. The van der Waals surface area contributed by atoms with E-state index in [0.717, 1.165) is 12.0 Å². The molecule has 0 aromatic heterocycles. The number of carboxylic acid groups (broad SMARTS) is 1. The number of carbonyl (C=O) groups is 3. The predicted octanol–water partition coefficient (Wildman–Crippen LogP) is 1.28. The fraction of sp³-hybridized carbons (Fsp3) is 0.438. The molecular weight excluding hydrogens is 300 g/mol. The lowest BCUT2D eigenvalue weighted by Crippen LogP contribution is -2.46. The van der Waals surface area contributed by atoms with Gasteiger partial charge in [0.25, 0.3) is 0 Å². The van der Waals surface area contributed by atoms with E-state index in [1.54, 1.807) is 12.1 Å². The molecule has 1 aromatic carbocycles. The van der Waals surface area contributed by atoms with Gasteiger partial charge in [0.2, 0.25) is 5.91 Å². The Morgan fingerprint density at radius 1 is 1.35 bits per heavy atom. The quantitative estimate of drug-likeness (QED) is 0.732. The van der Waals surface area contributed by atoms with Crippen molar-refractivity contribution in [2.45, 2.75) is 31.9 Å². The van der Waals surface area contributed by atoms with Crippen molar-refractivity contribution < 1.29 is 24.2 Å². The molecule has 1 aliphatic rings. The summed E-state index contributed by atoms with van der Waals surface area (Å²) in [6.45, 7) is 0.669. The van der Waals surface area contributed by atoms with Crippen LogP contribution in [0.5, 0.6) is 0 Å². The minimum Gasteiger partial charge on any atom is -0.480 e. The number of carbonyl (C=O) groups excluding carboxylic acids is 2. The molecule has 0 aliphatic carbocycles. The highest BCUT2D eigenvalue weighted by Gasteiger charge is 2.30. The SMILES string of the molecule is O=C(NC(CC1CCCNC1=O)C(=O)O)OCc1ccccc1. The van der Waals surface area contributed by atoms with Crippen LogP contribution in [-0.2, 0) is 20.9 Å². The zero-order valence-corrected chi connectivity index (χ0v) is 12.7. The van der Waals surface area contributed by atoms with E-state index in [1.165, 1.54) is 0 Å². The molecule has 1 heterocycles. The normalized spacial score (nSPS) is 18.6. The van der Waals surface area contributed by atoms with Crippen LogP contribution in [0.25, 0.3) is 0 Å². The van der Waals surface area contributed by atoms with Gasteiger partial charge in [0.05, 0.1) is 0 Å². The van der Waals surface area contributed by atoms with Crippen LogP contribution in [0.1, 0.15) is 24.8 Å². The van der Waals surface area contributed by atoms with Crippen molar-refractivity contribution in [3.63, 3.8) is 0 Å². The Morgan fingerprint density at radius 3 is 2.74 bits per heavy atom. The van der Waals surface area contributed by atoms with Crippen LogP contribution in [0.4, 0.5) is 4.79 Å². The zero-order chi connectivity index (χ0) is 16.7. The summed E-state index contributed by atoms with van der Waals surface area (Å²) in [6, 6.07) is 7.94. The molecule has 1 fully saturated rings.